The molecule has 2 aromatic carbocycles. The summed E-state index contributed by atoms with van der Waals surface area (Å²) in [6, 6.07) is 2.40. The highest BCUT2D eigenvalue weighted by Gasteiger charge is 2.24. The Kier molecular flexibility index (Phi) is 4.63. The molecule has 0 fully saturated rings. The Morgan fingerprint density at radius 1 is 0.905 bits per heavy atom. The Hall–Kier alpha value is -1.47. The van der Waals surface area contributed by atoms with Gasteiger partial charge in [0.25, 0.3) is 0 Å². The van der Waals surface area contributed by atoms with Gasteiger partial charge in [-0.1, -0.05) is 0 Å². The molecule has 2 rings (SSSR count). The fraction of sp³-hybridized carbons (Fsp3) is 0.143. The minimum absolute atomic E-state index is 0.00204. The summed E-state index contributed by atoms with van der Waals surface area (Å²) >= 11 is 2.91. The van der Waals surface area contributed by atoms with Crippen molar-refractivity contribution < 1.29 is 22.0 Å². The second-order valence-corrected chi connectivity index (χ2v) is 5.13. The fourth-order valence-corrected chi connectivity index (χ4v) is 2.37. The van der Waals surface area contributed by atoms with Gasteiger partial charge in [-0.15, -0.1) is 0 Å². The van der Waals surface area contributed by atoms with E-state index in [-0.39, 0.29) is 10.0 Å². The van der Waals surface area contributed by atoms with Crippen LogP contribution in [0.2, 0.25) is 0 Å². The summed E-state index contributed by atoms with van der Waals surface area (Å²) in [7, 11) is 1.36. The maximum Gasteiger partial charge on any atom is 0.194 e. The van der Waals surface area contributed by atoms with Gasteiger partial charge in [0, 0.05) is 5.56 Å². The summed E-state index contributed by atoms with van der Waals surface area (Å²) in [5.41, 5.74) is -0.554. The lowest BCUT2D eigenvalue weighted by Gasteiger charge is -2.19. The number of hydrogen-bond acceptors (Lipinski definition) is 1. The van der Waals surface area contributed by atoms with E-state index in [1.54, 1.807) is 0 Å². The van der Waals surface area contributed by atoms with E-state index in [0.29, 0.717) is 12.1 Å². The molecule has 7 heteroatoms. The van der Waals surface area contributed by atoms with Crippen molar-refractivity contribution in [2.75, 3.05) is 7.05 Å². The molecule has 0 aromatic heterocycles. The van der Waals surface area contributed by atoms with E-state index in [9.17, 15) is 22.0 Å². The van der Waals surface area contributed by atoms with Crippen molar-refractivity contribution in [2.45, 2.75) is 6.04 Å². The molecule has 2 aromatic rings. The first-order chi connectivity index (χ1) is 9.86. The smallest absolute Gasteiger partial charge is 0.194 e. The van der Waals surface area contributed by atoms with Gasteiger partial charge in [-0.2, -0.15) is 0 Å². The molecule has 0 heterocycles. The molecule has 0 radical (unpaired) electrons. The molecule has 1 N–H and O–H groups in total. The molecule has 112 valence electrons. The summed E-state index contributed by atoms with van der Waals surface area (Å²) in [4.78, 5) is 0. The lowest BCUT2D eigenvalue weighted by molar-refractivity contribution is 0.441. The molecular weight excluding hydrogens is 357 g/mol. The van der Waals surface area contributed by atoms with Crippen LogP contribution in [0.5, 0.6) is 0 Å². The molecule has 0 saturated carbocycles. The lowest BCUT2D eigenvalue weighted by atomic mass is 9.97. The molecular formula is C14H9BrF5N. The van der Waals surface area contributed by atoms with Crippen LogP contribution in [0.1, 0.15) is 17.2 Å². The average molecular weight is 366 g/mol. The first kappa shape index (κ1) is 15.9. The molecule has 1 atom stereocenters. The van der Waals surface area contributed by atoms with Gasteiger partial charge in [-0.3, -0.25) is 0 Å². The van der Waals surface area contributed by atoms with Crippen molar-refractivity contribution in [1.82, 2.24) is 5.32 Å². The predicted molar refractivity (Wildman–Crippen MR) is 71.3 cm³/mol. The van der Waals surface area contributed by atoms with Crippen molar-refractivity contribution in [3.05, 3.63) is 69.0 Å². The Bertz CT molecular complexity index is 666. The maximum atomic E-state index is 14.1. The van der Waals surface area contributed by atoms with E-state index in [1.165, 1.54) is 13.1 Å². The largest absolute Gasteiger partial charge is 0.309 e. The van der Waals surface area contributed by atoms with Crippen molar-refractivity contribution >= 4 is 15.9 Å². The van der Waals surface area contributed by atoms with Crippen LogP contribution in [0, 0.1) is 29.1 Å². The van der Waals surface area contributed by atoms with Gasteiger partial charge in [-0.25, -0.2) is 22.0 Å². The van der Waals surface area contributed by atoms with Gasteiger partial charge in [0.05, 0.1) is 10.5 Å². The van der Waals surface area contributed by atoms with Crippen LogP contribution >= 0.6 is 15.9 Å². The molecule has 0 saturated heterocycles. The van der Waals surface area contributed by atoms with E-state index >= 15 is 0 Å². The summed E-state index contributed by atoms with van der Waals surface area (Å²) in [5, 5.41) is 2.56. The van der Waals surface area contributed by atoms with Crippen LogP contribution in [0.4, 0.5) is 22.0 Å². The number of rotatable bonds is 3. The Morgan fingerprint density at radius 3 is 2.00 bits per heavy atom. The van der Waals surface area contributed by atoms with Gasteiger partial charge in [0.2, 0.25) is 0 Å². The van der Waals surface area contributed by atoms with Crippen LogP contribution in [0.25, 0.3) is 0 Å². The van der Waals surface area contributed by atoms with E-state index < -0.39 is 40.7 Å². The van der Waals surface area contributed by atoms with Crippen molar-refractivity contribution in [3.8, 4) is 0 Å². The molecule has 0 spiro atoms. The Labute approximate surface area is 125 Å². The Morgan fingerprint density at radius 2 is 1.48 bits per heavy atom. The number of benzene rings is 2. The first-order valence-electron chi connectivity index (χ1n) is 5.82. The van der Waals surface area contributed by atoms with Crippen LogP contribution in [0.15, 0.2) is 28.7 Å². The molecule has 0 aliphatic rings. The highest BCUT2D eigenvalue weighted by Crippen LogP contribution is 2.31. The molecule has 0 amide bonds. The van der Waals surface area contributed by atoms with E-state index in [1.807, 2.05) is 0 Å². The minimum atomic E-state index is -1.64. The normalized spacial score (nSPS) is 12.5. The third-order valence-corrected chi connectivity index (χ3v) is 3.61. The fourth-order valence-electron chi connectivity index (χ4n) is 2.03. The third-order valence-electron chi connectivity index (χ3n) is 3.00. The second kappa shape index (κ2) is 6.11. The zero-order valence-electron chi connectivity index (χ0n) is 10.7. The lowest BCUT2D eigenvalue weighted by Crippen LogP contribution is -2.21. The number of nitrogens with one attached hydrogen (secondary N) is 1. The minimum Gasteiger partial charge on any atom is -0.309 e. The maximum absolute atomic E-state index is 14.1. The Balaban J connectivity index is 2.63. The zero-order chi connectivity index (χ0) is 15.7. The quantitative estimate of drug-likeness (QED) is 0.481. The van der Waals surface area contributed by atoms with Crippen LogP contribution < -0.4 is 5.32 Å². The van der Waals surface area contributed by atoms with Crippen molar-refractivity contribution in [1.29, 1.82) is 0 Å². The average Bonchev–Trinajstić information content (AvgIpc) is 2.44. The second-order valence-electron chi connectivity index (χ2n) is 4.28. The summed E-state index contributed by atoms with van der Waals surface area (Å²) in [6.07, 6.45) is 0. The van der Waals surface area contributed by atoms with Crippen LogP contribution in [-0.2, 0) is 0 Å². The summed E-state index contributed by atoms with van der Waals surface area (Å²) in [6.45, 7) is 0. The number of hydrogen-bond donors (Lipinski definition) is 1. The molecule has 1 unspecified atom stereocenters. The predicted octanol–water partition coefficient (Wildman–Crippen LogP) is 4.45. The third kappa shape index (κ3) is 2.94. The van der Waals surface area contributed by atoms with Crippen LogP contribution in [0.3, 0.4) is 0 Å². The van der Waals surface area contributed by atoms with E-state index in [4.69, 9.17) is 0 Å². The van der Waals surface area contributed by atoms with Gasteiger partial charge in [0.1, 0.15) is 11.6 Å². The van der Waals surface area contributed by atoms with Crippen molar-refractivity contribution in [2.24, 2.45) is 0 Å². The SMILES string of the molecule is CNC(c1cc(F)c(F)c(F)c1)c1c(F)ccc(Br)c1F. The van der Waals surface area contributed by atoms with Gasteiger partial charge < -0.3 is 5.32 Å². The summed E-state index contributed by atoms with van der Waals surface area (Å²) in [5.74, 6) is -6.29. The summed E-state index contributed by atoms with van der Waals surface area (Å²) < 4.78 is 67.5. The van der Waals surface area contributed by atoms with Crippen LogP contribution in [-0.4, -0.2) is 7.05 Å². The van der Waals surface area contributed by atoms with Gasteiger partial charge in [0.15, 0.2) is 17.5 Å². The van der Waals surface area contributed by atoms with Gasteiger partial charge in [-0.05, 0) is 52.8 Å². The standard InChI is InChI=1S/C14H9BrF5N/c1-21-14(6-4-9(17)13(20)10(18)5-6)11-8(16)3-2-7(15)12(11)19/h2-5,14,21H,1H3. The highest BCUT2D eigenvalue weighted by molar-refractivity contribution is 9.10. The highest BCUT2D eigenvalue weighted by atomic mass is 79.9. The zero-order valence-corrected chi connectivity index (χ0v) is 12.2. The monoisotopic (exact) mass is 365 g/mol. The molecule has 0 aliphatic heterocycles. The molecule has 1 nitrogen and oxygen atoms in total. The number of halogens is 6. The molecule has 21 heavy (non-hydrogen) atoms. The van der Waals surface area contributed by atoms with Gasteiger partial charge >= 0.3 is 0 Å². The molecule has 0 aliphatic carbocycles. The van der Waals surface area contributed by atoms with E-state index in [2.05, 4.69) is 21.2 Å². The first-order valence-corrected chi connectivity index (χ1v) is 6.61. The molecule has 0 bridgehead atoms. The van der Waals surface area contributed by atoms with E-state index in [0.717, 1.165) is 6.07 Å². The topological polar surface area (TPSA) is 12.0 Å². The van der Waals surface area contributed by atoms with Crippen molar-refractivity contribution in [3.63, 3.8) is 0 Å².